The van der Waals surface area contributed by atoms with Gasteiger partial charge in [0.1, 0.15) is 6.17 Å². The molecule has 0 aromatic rings. The zero-order chi connectivity index (χ0) is 15.3. The molecule has 1 aliphatic carbocycles. The van der Waals surface area contributed by atoms with Crippen molar-refractivity contribution in [3.63, 3.8) is 0 Å². The molecule has 1 saturated heterocycles. The number of ether oxygens (including phenoxy) is 1. The maximum absolute atomic E-state index is 5.71. The van der Waals surface area contributed by atoms with Crippen molar-refractivity contribution in [1.82, 2.24) is 9.80 Å². The van der Waals surface area contributed by atoms with Gasteiger partial charge in [-0.3, -0.25) is 0 Å². The Kier molecular flexibility index (Phi) is 3.28. The Morgan fingerprint density at radius 3 is 2.91 bits per heavy atom. The predicted molar refractivity (Wildman–Crippen MR) is 88.8 cm³/mol. The maximum Gasteiger partial charge on any atom is 0.109 e. The fourth-order valence-corrected chi connectivity index (χ4v) is 4.62. The second-order valence-electron chi connectivity index (χ2n) is 7.43. The van der Waals surface area contributed by atoms with Crippen LogP contribution in [0, 0.1) is 11.8 Å². The number of allylic oxidation sites excluding steroid dienone is 1. The summed E-state index contributed by atoms with van der Waals surface area (Å²) >= 11 is 0. The molecule has 0 radical (unpaired) electrons. The summed E-state index contributed by atoms with van der Waals surface area (Å²) in [6.07, 6.45) is 16.9. The lowest BCUT2D eigenvalue weighted by Gasteiger charge is -2.43. The lowest BCUT2D eigenvalue weighted by molar-refractivity contribution is 0.0292. The minimum atomic E-state index is 0.385. The molecule has 2 fully saturated rings. The molecule has 3 nitrogen and oxygen atoms in total. The molecule has 0 N–H and O–H groups in total. The molecule has 4 rings (SSSR count). The third-order valence-electron chi connectivity index (χ3n) is 6.33. The molecule has 3 heterocycles. The van der Waals surface area contributed by atoms with Crippen LogP contribution in [0.25, 0.3) is 0 Å². The van der Waals surface area contributed by atoms with Crippen LogP contribution in [0.4, 0.5) is 0 Å². The van der Waals surface area contributed by atoms with E-state index in [0.717, 1.165) is 6.61 Å². The first-order valence-corrected chi connectivity index (χ1v) is 8.88. The molecular weight excluding hydrogens is 272 g/mol. The van der Waals surface area contributed by atoms with Crippen LogP contribution in [0.1, 0.15) is 46.5 Å². The zero-order valence-corrected chi connectivity index (χ0v) is 14.0. The first kappa shape index (κ1) is 14.2. The molecular formula is C19H28N2O. The molecule has 4 aliphatic rings. The number of fused-ring (bicyclic) bond motifs is 4. The van der Waals surface area contributed by atoms with Gasteiger partial charge in [0, 0.05) is 35.8 Å². The minimum absolute atomic E-state index is 0.385. The number of hydrogen-bond donors (Lipinski definition) is 0. The Hall–Kier alpha value is -1.38. The SMILES string of the molecule is C/C=C1/CC2(CC2)N2C=CN(C(C)CC)C2C2C=COCC12. The van der Waals surface area contributed by atoms with E-state index in [1.165, 1.54) is 25.7 Å². The normalized spacial score (nSPS) is 37.8. The van der Waals surface area contributed by atoms with Gasteiger partial charge in [0.15, 0.2) is 0 Å². The van der Waals surface area contributed by atoms with Gasteiger partial charge in [-0.25, -0.2) is 0 Å². The van der Waals surface area contributed by atoms with Crippen molar-refractivity contribution < 1.29 is 4.74 Å². The summed E-state index contributed by atoms with van der Waals surface area (Å²) in [6, 6.07) is 0.589. The topological polar surface area (TPSA) is 15.7 Å². The summed E-state index contributed by atoms with van der Waals surface area (Å²) in [4.78, 5) is 5.30. The van der Waals surface area contributed by atoms with E-state index in [-0.39, 0.29) is 0 Å². The first-order chi connectivity index (χ1) is 10.7. The smallest absolute Gasteiger partial charge is 0.109 e. The molecule has 0 aromatic heterocycles. The van der Waals surface area contributed by atoms with Crippen molar-refractivity contribution in [2.75, 3.05) is 6.61 Å². The molecule has 120 valence electrons. The summed E-state index contributed by atoms with van der Waals surface area (Å²) in [6.45, 7) is 7.70. The van der Waals surface area contributed by atoms with Gasteiger partial charge in [-0.2, -0.15) is 0 Å². The quantitative estimate of drug-likeness (QED) is 0.720. The average Bonchev–Trinajstić information content (AvgIpc) is 3.23. The van der Waals surface area contributed by atoms with E-state index in [4.69, 9.17) is 4.74 Å². The highest BCUT2D eigenvalue weighted by atomic mass is 16.5. The molecule has 4 atom stereocenters. The summed E-state index contributed by atoms with van der Waals surface area (Å²) in [5, 5.41) is 0. The molecule has 0 aromatic carbocycles. The largest absolute Gasteiger partial charge is 0.501 e. The zero-order valence-electron chi connectivity index (χ0n) is 14.0. The molecule has 0 amide bonds. The summed E-state index contributed by atoms with van der Waals surface area (Å²) in [7, 11) is 0. The van der Waals surface area contributed by atoms with Gasteiger partial charge in [0.2, 0.25) is 0 Å². The van der Waals surface area contributed by atoms with Gasteiger partial charge in [-0.1, -0.05) is 18.6 Å². The highest BCUT2D eigenvalue weighted by molar-refractivity contribution is 5.28. The van der Waals surface area contributed by atoms with Crippen LogP contribution in [-0.4, -0.2) is 34.2 Å². The van der Waals surface area contributed by atoms with Crippen LogP contribution in [0.3, 0.4) is 0 Å². The third-order valence-corrected chi connectivity index (χ3v) is 6.33. The van der Waals surface area contributed by atoms with Gasteiger partial charge in [-0.05, 0) is 45.6 Å². The lowest BCUT2D eigenvalue weighted by atomic mass is 9.82. The molecule has 0 bridgehead atoms. The summed E-state index contributed by atoms with van der Waals surface area (Å²) < 4.78 is 5.71. The van der Waals surface area contributed by atoms with Crippen molar-refractivity contribution >= 4 is 0 Å². The second kappa shape index (κ2) is 5.07. The van der Waals surface area contributed by atoms with E-state index in [1.54, 1.807) is 5.57 Å². The van der Waals surface area contributed by atoms with Crippen molar-refractivity contribution in [3.8, 4) is 0 Å². The van der Waals surface area contributed by atoms with Gasteiger partial charge in [-0.15, -0.1) is 0 Å². The van der Waals surface area contributed by atoms with Gasteiger partial charge in [0.25, 0.3) is 0 Å². The summed E-state index contributed by atoms with van der Waals surface area (Å²) in [5.74, 6) is 1.07. The fraction of sp³-hybridized carbons (Fsp3) is 0.684. The lowest BCUT2D eigenvalue weighted by Crippen LogP contribution is -2.51. The number of nitrogens with zero attached hydrogens (tertiary/aromatic N) is 2. The van der Waals surface area contributed by atoms with Crippen molar-refractivity contribution in [1.29, 1.82) is 0 Å². The van der Waals surface area contributed by atoms with Gasteiger partial charge < -0.3 is 14.5 Å². The molecule has 3 aliphatic heterocycles. The average molecular weight is 300 g/mol. The van der Waals surface area contributed by atoms with Gasteiger partial charge in [0.05, 0.1) is 12.9 Å². The Morgan fingerprint density at radius 1 is 1.41 bits per heavy atom. The highest BCUT2D eigenvalue weighted by Gasteiger charge is 2.57. The van der Waals surface area contributed by atoms with E-state index in [2.05, 4.69) is 55.1 Å². The molecule has 22 heavy (non-hydrogen) atoms. The van der Waals surface area contributed by atoms with E-state index < -0.39 is 0 Å². The molecule has 1 saturated carbocycles. The highest BCUT2D eigenvalue weighted by Crippen LogP contribution is 2.55. The van der Waals surface area contributed by atoms with Crippen LogP contribution < -0.4 is 0 Å². The van der Waals surface area contributed by atoms with E-state index in [0.29, 0.717) is 29.6 Å². The Bertz CT molecular complexity index is 532. The monoisotopic (exact) mass is 300 g/mol. The fourth-order valence-electron chi connectivity index (χ4n) is 4.62. The standard InChI is InChI=1S/C19H28N2O/c1-4-14(3)20-9-10-21-18(20)16-6-11-22-13-17(16)15(5-2)12-19(21)7-8-19/h5-6,9-11,14,16-18H,4,7-8,12-13H2,1-3H3/b15-5-. The number of rotatable bonds is 2. The predicted octanol–water partition coefficient (Wildman–Crippen LogP) is 3.86. The molecule has 4 unspecified atom stereocenters. The van der Waals surface area contributed by atoms with E-state index in [1.807, 2.05) is 6.26 Å². The summed E-state index contributed by atoms with van der Waals surface area (Å²) in [5.41, 5.74) is 2.00. The Morgan fingerprint density at radius 2 is 2.23 bits per heavy atom. The van der Waals surface area contributed by atoms with Crippen LogP contribution in [0.2, 0.25) is 0 Å². The van der Waals surface area contributed by atoms with E-state index >= 15 is 0 Å². The Labute approximate surface area is 134 Å². The van der Waals surface area contributed by atoms with Crippen LogP contribution in [-0.2, 0) is 4.74 Å². The van der Waals surface area contributed by atoms with Crippen molar-refractivity contribution in [3.05, 3.63) is 36.4 Å². The first-order valence-electron chi connectivity index (χ1n) is 8.88. The van der Waals surface area contributed by atoms with Gasteiger partial charge >= 0.3 is 0 Å². The van der Waals surface area contributed by atoms with Crippen LogP contribution in [0.5, 0.6) is 0 Å². The minimum Gasteiger partial charge on any atom is -0.501 e. The maximum atomic E-state index is 5.71. The number of hydrogen-bond acceptors (Lipinski definition) is 3. The van der Waals surface area contributed by atoms with Crippen LogP contribution >= 0.6 is 0 Å². The molecule has 1 spiro atoms. The van der Waals surface area contributed by atoms with Crippen molar-refractivity contribution in [2.24, 2.45) is 11.8 Å². The molecule has 3 heteroatoms. The third kappa shape index (κ3) is 1.94. The van der Waals surface area contributed by atoms with E-state index in [9.17, 15) is 0 Å². The van der Waals surface area contributed by atoms with Crippen molar-refractivity contribution in [2.45, 2.75) is 64.2 Å². The van der Waals surface area contributed by atoms with Crippen LogP contribution in [0.15, 0.2) is 36.4 Å². The Balaban J connectivity index is 1.77. The second-order valence-corrected chi connectivity index (χ2v) is 7.43.